The van der Waals surface area contributed by atoms with Crippen molar-refractivity contribution in [3.8, 4) is 0 Å². The summed E-state index contributed by atoms with van der Waals surface area (Å²) in [6, 6.07) is 5.76. The average molecular weight is 354 g/mol. The normalized spacial score (nSPS) is 20.3. The maximum Gasteiger partial charge on any atom is 0.323 e. The first kappa shape index (κ1) is 16.4. The van der Waals surface area contributed by atoms with E-state index in [1.165, 1.54) is 6.26 Å². The molecule has 1 fully saturated rings. The zero-order valence-electron chi connectivity index (χ0n) is 14.8. The lowest BCUT2D eigenvalue weighted by Gasteiger charge is -2.42. The number of likely N-dealkylation sites (N-methyl/N-ethyl adjacent to an activating group) is 1. The topological polar surface area (TPSA) is 90.3 Å². The fraction of sp³-hybridized carbons (Fsp3) is 0.389. The molecule has 2 amide bonds. The molecule has 1 saturated heterocycles. The number of nitrogens with zero attached hydrogens (tertiary/aromatic N) is 4. The molecule has 0 saturated carbocycles. The van der Waals surface area contributed by atoms with Crippen LogP contribution in [0.15, 0.2) is 41.4 Å². The molecule has 2 atom stereocenters. The lowest BCUT2D eigenvalue weighted by atomic mass is 9.92. The summed E-state index contributed by atoms with van der Waals surface area (Å²) in [5, 5.41) is 7.61. The Morgan fingerprint density at radius 3 is 3.12 bits per heavy atom. The number of pyridine rings is 1. The van der Waals surface area contributed by atoms with Gasteiger partial charge >= 0.3 is 6.03 Å². The number of anilines is 2. The lowest BCUT2D eigenvalue weighted by Crippen LogP contribution is -2.53. The van der Waals surface area contributed by atoms with Crippen molar-refractivity contribution in [2.24, 2.45) is 5.92 Å². The number of likely N-dealkylation sites (tertiary alicyclic amines) is 1. The minimum atomic E-state index is -0.147. The van der Waals surface area contributed by atoms with Crippen LogP contribution in [0.25, 0.3) is 11.0 Å². The summed E-state index contributed by atoms with van der Waals surface area (Å²) in [6.07, 6.45) is 6.10. The molecule has 1 aliphatic rings. The zero-order valence-corrected chi connectivity index (χ0v) is 14.8. The van der Waals surface area contributed by atoms with Gasteiger partial charge in [-0.2, -0.15) is 0 Å². The number of hydrogen-bond donors (Lipinski definition) is 2. The number of urea groups is 1. The van der Waals surface area contributed by atoms with Gasteiger partial charge in [-0.05, 0) is 24.5 Å². The molecule has 0 radical (unpaired) electrons. The van der Waals surface area contributed by atoms with Crippen LogP contribution in [0.2, 0.25) is 0 Å². The molecule has 4 rings (SSSR count). The Bertz CT molecular complexity index is 890. The summed E-state index contributed by atoms with van der Waals surface area (Å²) >= 11 is 0. The Kier molecular flexibility index (Phi) is 4.24. The molecule has 0 aromatic carbocycles. The van der Waals surface area contributed by atoms with E-state index in [0.717, 1.165) is 29.7 Å². The third kappa shape index (κ3) is 2.98. The van der Waals surface area contributed by atoms with E-state index in [9.17, 15) is 4.79 Å². The van der Waals surface area contributed by atoms with Crippen molar-refractivity contribution < 1.29 is 9.32 Å². The second kappa shape index (κ2) is 6.70. The minimum Gasteiger partial charge on any atom is -0.369 e. The van der Waals surface area contributed by atoms with Gasteiger partial charge in [0.25, 0.3) is 0 Å². The third-order valence-corrected chi connectivity index (χ3v) is 5.19. The number of H-pyrrole nitrogens is 1. The van der Waals surface area contributed by atoms with Gasteiger partial charge in [0.1, 0.15) is 11.9 Å². The number of aromatic nitrogens is 3. The zero-order chi connectivity index (χ0) is 18.1. The lowest BCUT2D eigenvalue weighted by molar-refractivity contribution is 0.172. The first-order valence-electron chi connectivity index (χ1n) is 8.74. The standard InChI is InChI=1S/C18H22N6O2/c1-12-5-9-24(18(25)21-16-6-10-26-22-16)11-15(12)23(2)14-4-8-20-17-13(14)3-7-19-17/h3-4,6-8,10,12,15H,5,9,11H2,1-2H3,(H,19,20)(H,21,22,25)/t12-,15?/m1/s1. The summed E-state index contributed by atoms with van der Waals surface area (Å²) in [5.41, 5.74) is 1.99. The van der Waals surface area contributed by atoms with Crippen LogP contribution in [-0.4, -0.2) is 52.2 Å². The molecular formula is C18H22N6O2. The number of piperidine rings is 1. The number of rotatable bonds is 3. The van der Waals surface area contributed by atoms with E-state index in [4.69, 9.17) is 4.52 Å². The smallest absolute Gasteiger partial charge is 0.323 e. The molecule has 8 nitrogen and oxygen atoms in total. The molecule has 8 heteroatoms. The van der Waals surface area contributed by atoms with Gasteiger partial charge in [-0.3, -0.25) is 5.32 Å². The van der Waals surface area contributed by atoms with Gasteiger partial charge in [-0.15, -0.1) is 0 Å². The fourth-order valence-corrected chi connectivity index (χ4v) is 3.64. The molecule has 1 aliphatic heterocycles. The van der Waals surface area contributed by atoms with Crippen LogP contribution >= 0.6 is 0 Å². The second-order valence-electron chi connectivity index (χ2n) is 6.78. The quantitative estimate of drug-likeness (QED) is 0.755. The molecule has 3 aromatic heterocycles. The Hall–Kier alpha value is -3.03. The Balaban J connectivity index is 1.53. The fourth-order valence-electron chi connectivity index (χ4n) is 3.64. The van der Waals surface area contributed by atoms with Gasteiger partial charge < -0.3 is 19.3 Å². The maximum absolute atomic E-state index is 12.5. The summed E-state index contributed by atoms with van der Waals surface area (Å²) < 4.78 is 4.77. The molecule has 26 heavy (non-hydrogen) atoms. The number of hydrogen-bond acceptors (Lipinski definition) is 5. The predicted octanol–water partition coefficient (Wildman–Crippen LogP) is 2.93. The van der Waals surface area contributed by atoms with Gasteiger partial charge in [-0.1, -0.05) is 12.1 Å². The number of carbonyl (C=O) groups excluding carboxylic acids is 1. The van der Waals surface area contributed by atoms with E-state index in [1.807, 2.05) is 29.4 Å². The van der Waals surface area contributed by atoms with E-state index < -0.39 is 0 Å². The van der Waals surface area contributed by atoms with Crippen LogP contribution in [0.5, 0.6) is 0 Å². The van der Waals surface area contributed by atoms with Gasteiger partial charge in [0, 0.05) is 55.7 Å². The van der Waals surface area contributed by atoms with Crippen molar-refractivity contribution in [2.45, 2.75) is 19.4 Å². The van der Waals surface area contributed by atoms with Gasteiger partial charge in [0.2, 0.25) is 0 Å². The van der Waals surface area contributed by atoms with Gasteiger partial charge in [0.15, 0.2) is 5.82 Å². The van der Waals surface area contributed by atoms with Gasteiger partial charge in [0.05, 0.1) is 0 Å². The van der Waals surface area contributed by atoms with Crippen molar-refractivity contribution in [3.05, 3.63) is 36.9 Å². The van der Waals surface area contributed by atoms with E-state index in [0.29, 0.717) is 18.3 Å². The molecule has 0 spiro atoms. The second-order valence-corrected chi connectivity index (χ2v) is 6.78. The molecular weight excluding hydrogens is 332 g/mol. The van der Waals surface area contributed by atoms with Crippen LogP contribution in [0.3, 0.4) is 0 Å². The molecule has 2 N–H and O–H groups in total. The largest absolute Gasteiger partial charge is 0.369 e. The summed E-state index contributed by atoms with van der Waals surface area (Å²) in [4.78, 5) is 24.2. The molecule has 0 aliphatic carbocycles. The summed E-state index contributed by atoms with van der Waals surface area (Å²) in [7, 11) is 2.09. The highest BCUT2D eigenvalue weighted by molar-refractivity contribution is 5.90. The SMILES string of the molecule is C[C@@H]1CCN(C(=O)Nc2ccon2)CC1N(C)c1ccnc2[nH]ccc12. The summed E-state index contributed by atoms with van der Waals surface area (Å²) in [6.45, 7) is 3.62. The first-order valence-corrected chi connectivity index (χ1v) is 8.74. The highest BCUT2D eigenvalue weighted by Gasteiger charge is 2.32. The van der Waals surface area contributed by atoms with Gasteiger partial charge in [-0.25, -0.2) is 9.78 Å². The van der Waals surface area contributed by atoms with E-state index >= 15 is 0 Å². The molecule has 0 bridgehead atoms. The van der Waals surface area contributed by atoms with Crippen molar-refractivity contribution in [1.29, 1.82) is 0 Å². The van der Waals surface area contributed by atoms with Crippen molar-refractivity contribution in [3.63, 3.8) is 0 Å². The number of fused-ring (bicyclic) bond motifs is 1. The Labute approximate surface area is 151 Å². The molecule has 136 valence electrons. The van der Waals surface area contributed by atoms with Crippen molar-refractivity contribution >= 4 is 28.6 Å². The van der Waals surface area contributed by atoms with Crippen LogP contribution in [0.4, 0.5) is 16.3 Å². The molecule has 4 heterocycles. The number of aromatic amines is 1. The van der Waals surface area contributed by atoms with E-state index in [2.05, 4.69) is 39.3 Å². The van der Waals surface area contributed by atoms with Crippen molar-refractivity contribution in [1.82, 2.24) is 20.0 Å². The first-order chi connectivity index (χ1) is 12.6. The highest BCUT2D eigenvalue weighted by Crippen LogP contribution is 2.30. The Morgan fingerprint density at radius 1 is 1.42 bits per heavy atom. The van der Waals surface area contributed by atoms with E-state index in [1.54, 1.807) is 6.07 Å². The Morgan fingerprint density at radius 2 is 2.31 bits per heavy atom. The summed E-state index contributed by atoms with van der Waals surface area (Å²) in [5.74, 6) is 0.903. The molecule has 1 unspecified atom stereocenters. The maximum atomic E-state index is 12.5. The monoisotopic (exact) mass is 354 g/mol. The predicted molar refractivity (Wildman–Crippen MR) is 99.2 cm³/mol. The third-order valence-electron chi connectivity index (χ3n) is 5.19. The highest BCUT2D eigenvalue weighted by atomic mass is 16.5. The van der Waals surface area contributed by atoms with E-state index in [-0.39, 0.29) is 12.1 Å². The van der Waals surface area contributed by atoms with Crippen LogP contribution < -0.4 is 10.2 Å². The van der Waals surface area contributed by atoms with Crippen molar-refractivity contribution in [2.75, 3.05) is 30.4 Å². The molecule has 3 aromatic rings. The number of nitrogens with one attached hydrogen (secondary N) is 2. The number of carbonyl (C=O) groups is 1. The van der Waals surface area contributed by atoms with Crippen LogP contribution in [0.1, 0.15) is 13.3 Å². The average Bonchev–Trinajstić information content (AvgIpc) is 3.32. The number of amides is 2. The van der Waals surface area contributed by atoms with Crippen LogP contribution in [0, 0.1) is 5.92 Å². The van der Waals surface area contributed by atoms with Crippen LogP contribution in [-0.2, 0) is 0 Å². The minimum absolute atomic E-state index is 0.147.